The van der Waals surface area contributed by atoms with Gasteiger partial charge in [-0.15, -0.1) is 0 Å². The number of benzene rings is 2. The average molecular weight is 429 g/mol. The van der Waals surface area contributed by atoms with Crippen LogP contribution < -0.4 is 4.74 Å². The lowest BCUT2D eigenvalue weighted by Crippen LogP contribution is -2.51. The van der Waals surface area contributed by atoms with Crippen LogP contribution in [0.5, 0.6) is 11.5 Å². The topological polar surface area (TPSA) is 95.7 Å². The Morgan fingerprint density at radius 3 is 2.19 bits per heavy atom. The summed E-state index contributed by atoms with van der Waals surface area (Å²) in [6, 6.07) is 8.30. The van der Waals surface area contributed by atoms with Crippen molar-refractivity contribution in [3.05, 3.63) is 63.5 Å². The van der Waals surface area contributed by atoms with E-state index in [9.17, 15) is 24.1 Å². The number of halogens is 1. The van der Waals surface area contributed by atoms with Gasteiger partial charge in [-0.3, -0.25) is 19.7 Å². The van der Waals surface area contributed by atoms with Crippen LogP contribution >= 0.6 is 0 Å². The van der Waals surface area contributed by atoms with Gasteiger partial charge in [0.05, 0.1) is 21.8 Å². The van der Waals surface area contributed by atoms with E-state index >= 15 is 0 Å². The van der Waals surface area contributed by atoms with E-state index in [1.54, 1.807) is 39.8 Å². The van der Waals surface area contributed by atoms with Crippen molar-refractivity contribution in [2.75, 3.05) is 0 Å². The molecule has 0 saturated carbocycles. The molecule has 0 radical (unpaired) electrons. The molecule has 1 aliphatic heterocycles. The molecular weight excluding hydrogens is 405 g/mol. The number of carbonyl (C=O) groups is 2. The predicted octanol–water partition coefficient (Wildman–Crippen LogP) is 5.31. The van der Waals surface area contributed by atoms with Crippen LogP contribution in [0.15, 0.2) is 36.4 Å². The molecule has 2 aromatic rings. The molecule has 8 heteroatoms. The number of hydrogen-bond donors (Lipinski definition) is 0. The van der Waals surface area contributed by atoms with Gasteiger partial charge in [0.15, 0.2) is 11.6 Å². The molecule has 1 aliphatic rings. The number of carbonyl (C=O) groups excluding carboxylic acids is 2. The molecule has 0 spiro atoms. The summed E-state index contributed by atoms with van der Waals surface area (Å²) in [4.78, 5) is 35.2. The highest BCUT2D eigenvalue weighted by Crippen LogP contribution is 2.53. The van der Waals surface area contributed by atoms with Crippen LogP contribution in [-0.2, 0) is 20.7 Å². The van der Waals surface area contributed by atoms with Crippen LogP contribution in [0.2, 0.25) is 0 Å². The smallest absolute Gasteiger partial charge is 0.319 e. The largest absolute Gasteiger partial charge is 0.454 e. The number of ether oxygens (including phenoxy) is 2. The highest BCUT2D eigenvalue weighted by Gasteiger charge is 2.57. The molecule has 0 N–H and O–H groups in total. The molecule has 7 nitrogen and oxygen atoms in total. The molecule has 1 fully saturated rings. The van der Waals surface area contributed by atoms with Crippen LogP contribution in [0, 0.1) is 26.8 Å². The first kappa shape index (κ1) is 22.4. The SMILES string of the molecule is CCc1ccc(Oc2ccc([N+](=O)[O-])cc2F)cc1C1C(C)(C)C(=O)OC(=O)C1(C)C. The zero-order valence-corrected chi connectivity index (χ0v) is 18.0. The highest BCUT2D eigenvalue weighted by atomic mass is 19.1. The van der Waals surface area contributed by atoms with Gasteiger partial charge in [0.1, 0.15) is 5.75 Å². The number of nitrogens with zero attached hydrogens (tertiary/aromatic N) is 1. The molecular formula is C23H24FNO6. The summed E-state index contributed by atoms with van der Waals surface area (Å²) in [6.45, 7) is 8.89. The maximum atomic E-state index is 14.3. The van der Waals surface area contributed by atoms with Crippen molar-refractivity contribution in [2.24, 2.45) is 10.8 Å². The fourth-order valence-electron chi connectivity index (χ4n) is 4.30. The molecule has 1 saturated heterocycles. The van der Waals surface area contributed by atoms with Crippen LogP contribution in [0.3, 0.4) is 0 Å². The normalized spacial score (nSPS) is 17.9. The summed E-state index contributed by atoms with van der Waals surface area (Å²) < 4.78 is 25.0. The van der Waals surface area contributed by atoms with E-state index in [2.05, 4.69) is 0 Å². The molecule has 1 heterocycles. The Labute approximate surface area is 179 Å². The van der Waals surface area contributed by atoms with Crippen LogP contribution in [0.1, 0.15) is 51.7 Å². The number of non-ortho nitro benzene ring substituents is 1. The fourth-order valence-corrected chi connectivity index (χ4v) is 4.30. The quantitative estimate of drug-likeness (QED) is 0.277. The van der Waals surface area contributed by atoms with Crippen LogP contribution in [-0.4, -0.2) is 16.9 Å². The Bertz CT molecular complexity index is 1050. The van der Waals surface area contributed by atoms with Crippen LogP contribution in [0.4, 0.5) is 10.1 Å². The first-order valence-electron chi connectivity index (χ1n) is 9.91. The summed E-state index contributed by atoms with van der Waals surface area (Å²) in [6.07, 6.45) is 0.646. The molecule has 0 amide bonds. The van der Waals surface area contributed by atoms with Gasteiger partial charge in [-0.25, -0.2) is 4.39 Å². The molecule has 0 aliphatic carbocycles. The van der Waals surface area contributed by atoms with Crippen molar-refractivity contribution in [1.29, 1.82) is 0 Å². The molecule has 0 atom stereocenters. The molecule has 0 aromatic heterocycles. The molecule has 164 valence electrons. The Hall–Kier alpha value is -3.29. The van der Waals surface area contributed by atoms with Gasteiger partial charge in [0.2, 0.25) is 0 Å². The lowest BCUT2D eigenvalue weighted by Gasteiger charge is -2.46. The van der Waals surface area contributed by atoms with Gasteiger partial charge in [0, 0.05) is 12.0 Å². The molecule has 0 unspecified atom stereocenters. The standard InChI is InChI=1S/C23H24FNO6/c1-6-13-7-9-15(30-18-10-8-14(25(28)29)11-17(18)24)12-16(13)19-22(2,3)20(26)31-21(27)23(19,4)5/h7-12,19H,6H2,1-5H3. The molecule has 0 bridgehead atoms. The minimum Gasteiger partial charge on any atom is -0.454 e. The van der Waals surface area contributed by atoms with E-state index in [4.69, 9.17) is 9.47 Å². The predicted molar refractivity (Wildman–Crippen MR) is 110 cm³/mol. The van der Waals surface area contributed by atoms with Crippen molar-refractivity contribution in [3.63, 3.8) is 0 Å². The maximum Gasteiger partial charge on any atom is 0.319 e. The third-order valence-corrected chi connectivity index (χ3v) is 5.84. The number of nitro benzene ring substituents is 1. The Kier molecular flexibility index (Phi) is 5.60. The average Bonchev–Trinajstić information content (AvgIpc) is 2.68. The van der Waals surface area contributed by atoms with Crippen molar-refractivity contribution >= 4 is 17.6 Å². The fraction of sp³-hybridized carbons (Fsp3) is 0.391. The minimum atomic E-state index is -0.988. The van der Waals surface area contributed by atoms with E-state index in [1.807, 2.05) is 13.0 Å². The first-order chi connectivity index (χ1) is 14.4. The monoisotopic (exact) mass is 429 g/mol. The minimum absolute atomic E-state index is 0.168. The number of esters is 2. The molecule has 2 aromatic carbocycles. The molecule has 31 heavy (non-hydrogen) atoms. The summed E-state index contributed by atoms with van der Waals surface area (Å²) in [5.41, 5.74) is -0.695. The van der Waals surface area contributed by atoms with Crippen molar-refractivity contribution in [1.82, 2.24) is 0 Å². The van der Waals surface area contributed by atoms with E-state index in [1.165, 1.54) is 6.07 Å². The second-order valence-electron chi connectivity index (χ2n) is 8.74. The lowest BCUT2D eigenvalue weighted by atomic mass is 9.59. The van der Waals surface area contributed by atoms with Crippen molar-refractivity contribution in [2.45, 2.75) is 47.0 Å². The van der Waals surface area contributed by atoms with Crippen molar-refractivity contribution < 1.29 is 28.4 Å². The van der Waals surface area contributed by atoms with Crippen LogP contribution in [0.25, 0.3) is 0 Å². The van der Waals surface area contributed by atoms with Crippen molar-refractivity contribution in [3.8, 4) is 11.5 Å². The van der Waals surface area contributed by atoms with Gasteiger partial charge >= 0.3 is 11.9 Å². The highest BCUT2D eigenvalue weighted by molar-refractivity contribution is 5.96. The summed E-state index contributed by atoms with van der Waals surface area (Å²) in [5.74, 6) is -2.45. The summed E-state index contributed by atoms with van der Waals surface area (Å²) in [5, 5.41) is 10.8. The summed E-state index contributed by atoms with van der Waals surface area (Å²) in [7, 11) is 0. The van der Waals surface area contributed by atoms with Gasteiger partial charge < -0.3 is 9.47 Å². The lowest BCUT2D eigenvalue weighted by molar-refractivity contribution is -0.385. The zero-order valence-electron chi connectivity index (χ0n) is 18.0. The number of aryl methyl sites for hydroxylation is 1. The van der Waals surface area contributed by atoms with Gasteiger partial charge in [-0.05, 0) is 63.4 Å². The maximum absolute atomic E-state index is 14.3. The number of rotatable bonds is 5. The summed E-state index contributed by atoms with van der Waals surface area (Å²) >= 11 is 0. The number of cyclic esters (lactones) is 2. The van der Waals surface area contributed by atoms with Gasteiger partial charge in [-0.1, -0.05) is 13.0 Å². The number of nitro groups is 1. The second kappa shape index (κ2) is 7.76. The third-order valence-electron chi connectivity index (χ3n) is 5.84. The Morgan fingerprint density at radius 2 is 1.68 bits per heavy atom. The number of hydrogen-bond acceptors (Lipinski definition) is 6. The third kappa shape index (κ3) is 3.89. The first-order valence-corrected chi connectivity index (χ1v) is 9.91. The zero-order chi connectivity index (χ0) is 23.1. The Morgan fingerprint density at radius 1 is 1.06 bits per heavy atom. The van der Waals surface area contributed by atoms with E-state index in [0.717, 1.165) is 23.3 Å². The van der Waals surface area contributed by atoms with Gasteiger partial charge in [-0.2, -0.15) is 0 Å². The van der Waals surface area contributed by atoms with E-state index < -0.39 is 39.4 Å². The van der Waals surface area contributed by atoms with E-state index in [-0.39, 0.29) is 17.2 Å². The van der Waals surface area contributed by atoms with Gasteiger partial charge in [0.25, 0.3) is 5.69 Å². The van der Waals surface area contributed by atoms with E-state index in [0.29, 0.717) is 6.42 Å². The molecule has 3 rings (SSSR count). The Balaban J connectivity index is 2.08. The second-order valence-corrected chi connectivity index (χ2v) is 8.74.